The van der Waals surface area contributed by atoms with Crippen molar-refractivity contribution in [2.24, 2.45) is 11.8 Å². The molecule has 1 heterocycles. The molecule has 4 rings (SSSR count). The second-order valence-corrected chi connectivity index (χ2v) is 7.15. The summed E-state index contributed by atoms with van der Waals surface area (Å²) >= 11 is 0.0726. The normalized spacial score (nSPS) is 27.6. The predicted octanol–water partition coefficient (Wildman–Crippen LogP) is 3.07. The Labute approximate surface area is 120 Å². The Bertz CT molecular complexity index is 576. The Balaban J connectivity index is 1.52. The molecule has 4 heteroatoms. The molecular formula is C15H19N3Se. The number of fused-ring (bicyclic) bond motifs is 1. The average molecular weight is 320 g/mol. The molecule has 100 valence electrons. The molecule has 2 saturated carbocycles. The topological polar surface area (TPSA) is 37.8 Å². The van der Waals surface area contributed by atoms with E-state index < -0.39 is 0 Å². The molecule has 0 spiro atoms. The van der Waals surface area contributed by atoms with E-state index in [0.29, 0.717) is 6.04 Å². The Morgan fingerprint density at radius 2 is 2.00 bits per heavy atom. The molecule has 2 fully saturated rings. The van der Waals surface area contributed by atoms with Crippen LogP contribution in [0.2, 0.25) is 0 Å². The van der Waals surface area contributed by atoms with Gasteiger partial charge in [0.1, 0.15) is 0 Å². The fourth-order valence-electron chi connectivity index (χ4n) is 3.50. The zero-order chi connectivity index (χ0) is 12.7. The van der Waals surface area contributed by atoms with Crippen molar-refractivity contribution in [3.63, 3.8) is 0 Å². The molecular weight excluding hydrogens is 301 g/mol. The monoisotopic (exact) mass is 321 g/mol. The van der Waals surface area contributed by atoms with Crippen molar-refractivity contribution >= 4 is 31.7 Å². The maximum atomic E-state index is 4.56. The molecule has 1 aromatic carbocycles. The summed E-state index contributed by atoms with van der Waals surface area (Å²) in [7, 11) is 0. The van der Waals surface area contributed by atoms with E-state index in [1.165, 1.54) is 44.2 Å². The van der Waals surface area contributed by atoms with Crippen molar-refractivity contribution in [3.8, 4) is 0 Å². The summed E-state index contributed by atoms with van der Waals surface area (Å²) in [5.41, 5.74) is 3.40. The Kier molecular flexibility index (Phi) is 3.08. The van der Waals surface area contributed by atoms with E-state index in [-0.39, 0.29) is 15.0 Å². The van der Waals surface area contributed by atoms with Gasteiger partial charge in [-0.25, -0.2) is 0 Å². The first-order valence-corrected chi connectivity index (χ1v) is 8.91. The van der Waals surface area contributed by atoms with E-state index >= 15 is 0 Å². The van der Waals surface area contributed by atoms with E-state index in [4.69, 9.17) is 0 Å². The van der Waals surface area contributed by atoms with E-state index in [1.54, 1.807) is 0 Å². The van der Waals surface area contributed by atoms with Crippen LogP contribution in [0.4, 0.5) is 5.69 Å². The molecule has 19 heavy (non-hydrogen) atoms. The van der Waals surface area contributed by atoms with Crippen LogP contribution in [0.1, 0.15) is 38.5 Å². The third-order valence-electron chi connectivity index (χ3n) is 4.65. The van der Waals surface area contributed by atoms with Gasteiger partial charge in [-0.3, -0.25) is 0 Å². The molecule has 0 aliphatic heterocycles. The van der Waals surface area contributed by atoms with Crippen molar-refractivity contribution < 1.29 is 0 Å². The van der Waals surface area contributed by atoms with E-state index in [1.807, 2.05) is 0 Å². The molecule has 1 N–H and O–H groups in total. The first-order chi connectivity index (χ1) is 9.40. The molecule has 0 amide bonds. The van der Waals surface area contributed by atoms with E-state index in [9.17, 15) is 0 Å². The molecule has 2 aliphatic rings. The fourth-order valence-corrected chi connectivity index (χ4v) is 4.65. The maximum absolute atomic E-state index is 4.56. The van der Waals surface area contributed by atoms with Crippen LogP contribution in [0.15, 0.2) is 18.2 Å². The van der Waals surface area contributed by atoms with Crippen molar-refractivity contribution in [2.45, 2.75) is 44.6 Å². The first-order valence-electron chi connectivity index (χ1n) is 7.38. The summed E-state index contributed by atoms with van der Waals surface area (Å²) < 4.78 is 9.03. The number of aromatic nitrogens is 2. The zero-order valence-corrected chi connectivity index (χ0v) is 12.7. The number of nitrogens with zero attached hydrogens (tertiary/aromatic N) is 2. The number of nitrogens with one attached hydrogen (secondary N) is 1. The van der Waals surface area contributed by atoms with Gasteiger partial charge in [0.2, 0.25) is 0 Å². The van der Waals surface area contributed by atoms with Crippen molar-refractivity contribution in [3.05, 3.63) is 18.2 Å². The molecule has 0 bridgehead atoms. The number of hydrogen-bond donors (Lipinski definition) is 1. The van der Waals surface area contributed by atoms with Crippen LogP contribution in [0, 0.1) is 11.8 Å². The van der Waals surface area contributed by atoms with Crippen LogP contribution >= 0.6 is 0 Å². The van der Waals surface area contributed by atoms with Gasteiger partial charge in [-0.2, -0.15) is 0 Å². The van der Waals surface area contributed by atoms with Gasteiger partial charge in [-0.05, 0) is 0 Å². The second kappa shape index (κ2) is 4.91. The van der Waals surface area contributed by atoms with Crippen LogP contribution in [0.25, 0.3) is 11.0 Å². The SMILES string of the molecule is c1cc(NC2CCCC(C3CC3)C2)c2n[se]nc2c1. The van der Waals surface area contributed by atoms with Crippen LogP contribution in [-0.4, -0.2) is 29.0 Å². The number of anilines is 1. The third-order valence-corrected chi connectivity index (χ3v) is 5.79. The number of benzene rings is 1. The van der Waals surface area contributed by atoms with Gasteiger partial charge in [0.05, 0.1) is 0 Å². The Hall–Kier alpha value is -0.861. The molecule has 2 atom stereocenters. The molecule has 3 nitrogen and oxygen atoms in total. The fraction of sp³-hybridized carbons (Fsp3) is 0.600. The minimum atomic E-state index is 0.0726. The zero-order valence-electron chi connectivity index (χ0n) is 11.0. The molecule has 2 aliphatic carbocycles. The van der Waals surface area contributed by atoms with Gasteiger partial charge in [0.25, 0.3) is 0 Å². The van der Waals surface area contributed by atoms with Crippen LogP contribution in [-0.2, 0) is 0 Å². The van der Waals surface area contributed by atoms with Crippen molar-refractivity contribution in [2.75, 3.05) is 5.32 Å². The quantitative estimate of drug-likeness (QED) is 0.883. The van der Waals surface area contributed by atoms with E-state index in [2.05, 4.69) is 31.5 Å². The second-order valence-electron chi connectivity index (χ2n) is 6.04. The summed E-state index contributed by atoms with van der Waals surface area (Å²) in [6.07, 6.45) is 8.48. The van der Waals surface area contributed by atoms with Crippen molar-refractivity contribution in [1.82, 2.24) is 7.96 Å². The average Bonchev–Trinajstić information content (AvgIpc) is 3.17. The van der Waals surface area contributed by atoms with Gasteiger partial charge in [-0.1, -0.05) is 0 Å². The molecule has 1 aromatic heterocycles. The molecule has 0 radical (unpaired) electrons. The van der Waals surface area contributed by atoms with Gasteiger partial charge in [0.15, 0.2) is 0 Å². The molecule has 2 unspecified atom stereocenters. The van der Waals surface area contributed by atoms with Gasteiger partial charge in [0, 0.05) is 0 Å². The van der Waals surface area contributed by atoms with Crippen LogP contribution < -0.4 is 5.32 Å². The van der Waals surface area contributed by atoms with Crippen molar-refractivity contribution in [1.29, 1.82) is 0 Å². The number of hydrogen-bond acceptors (Lipinski definition) is 3. The predicted molar refractivity (Wildman–Crippen MR) is 78.6 cm³/mol. The first kappa shape index (κ1) is 11.9. The minimum absolute atomic E-state index is 0.0726. The summed E-state index contributed by atoms with van der Waals surface area (Å²) in [4.78, 5) is 0. The Morgan fingerprint density at radius 1 is 1.05 bits per heavy atom. The summed E-state index contributed by atoms with van der Waals surface area (Å²) in [6.45, 7) is 0. The summed E-state index contributed by atoms with van der Waals surface area (Å²) in [5.74, 6) is 2.03. The third kappa shape index (κ3) is 2.44. The standard InChI is InChI=1S/C15H19N3Se/c1-3-11(10-7-8-10)9-12(4-1)16-13-5-2-6-14-15(13)18-19-17-14/h2,5-6,10-12,16H,1,3-4,7-9H2. The van der Waals surface area contributed by atoms with Crippen LogP contribution in [0.3, 0.4) is 0 Å². The summed E-state index contributed by atoms with van der Waals surface area (Å²) in [6, 6.07) is 6.99. The Morgan fingerprint density at radius 3 is 2.89 bits per heavy atom. The van der Waals surface area contributed by atoms with Gasteiger partial charge < -0.3 is 0 Å². The van der Waals surface area contributed by atoms with E-state index in [0.717, 1.165) is 22.9 Å². The van der Waals surface area contributed by atoms with Gasteiger partial charge >= 0.3 is 120 Å². The van der Waals surface area contributed by atoms with Gasteiger partial charge in [-0.15, -0.1) is 0 Å². The number of rotatable bonds is 3. The summed E-state index contributed by atoms with van der Waals surface area (Å²) in [5, 5.41) is 3.75. The molecule has 2 aromatic rings. The van der Waals surface area contributed by atoms with Crippen LogP contribution in [0.5, 0.6) is 0 Å². The molecule has 0 saturated heterocycles.